The standard InChI is InChI=1S/C20H25FN2O/c1-15(10-18-4-3-5-19(21)12-18)11-20(24)23-14-17-8-6-16(7-9-17)13-22-2/h3-9,12,15,22H,10-11,13-14H2,1-2H3,(H,23,24). The molecular weight excluding hydrogens is 303 g/mol. The first-order valence-electron chi connectivity index (χ1n) is 8.30. The number of benzene rings is 2. The Morgan fingerprint density at radius 1 is 1.04 bits per heavy atom. The number of rotatable bonds is 8. The summed E-state index contributed by atoms with van der Waals surface area (Å²) in [5, 5.41) is 6.06. The van der Waals surface area contributed by atoms with E-state index in [2.05, 4.69) is 22.8 Å². The van der Waals surface area contributed by atoms with Gasteiger partial charge in [-0.2, -0.15) is 0 Å². The minimum atomic E-state index is -0.231. The lowest BCUT2D eigenvalue weighted by Gasteiger charge is -2.12. The van der Waals surface area contributed by atoms with Gasteiger partial charge in [0, 0.05) is 19.5 Å². The fourth-order valence-corrected chi connectivity index (χ4v) is 2.71. The van der Waals surface area contributed by atoms with Crippen molar-refractivity contribution in [2.75, 3.05) is 7.05 Å². The fourth-order valence-electron chi connectivity index (χ4n) is 2.71. The van der Waals surface area contributed by atoms with Gasteiger partial charge in [-0.3, -0.25) is 4.79 Å². The maximum absolute atomic E-state index is 13.2. The van der Waals surface area contributed by atoms with Crippen molar-refractivity contribution < 1.29 is 9.18 Å². The number of nitrogens with one attached hydrogen (secondary N) is 2. The van der Waals surface area contributed by atoms with E-state index in [0.717, 1.165) is 17.7 Å². The zero-order chi connectivity index (χ0) is 17.4. The lowest BCUT2D eigenvalue weighted by Crippen LogP contribution is -2.25. The van der Waals surface area contributed by atoms with Crippen LogP contribution in [0.2, 0.25) is 0 Å². The number of amides is 1. The van der Waals surface area contributed by atoms with Crippen LogP contribution in [0.1, 0.15) is 30.0 Å². The molecule has 4 heteroatoms. The van der Waals surface area contributed by atoms with Gasteiger partial charge in [0.2, 0.25) is 5.91 Å². The summed E-state index contributed by atoms with van der Waals surface area (Å²) in [5.74, 6) is -0.0334. The first kappa shape index (κ1) is 18.1. The molecular formula is C20H25FN2O. The number of hydrogen-bond donors (Lipinski definition) is 2. The molecule has 2 aromatic rings. The van der Waals surface area contributed by atoms with Gasteiger partial charge in [0.15, 0.2) is 0 Å². The monoisotopic (exact) mass is 328 g/mol. The van der Waals surface area contributed by atoms with E-state index in [1.807, 2.05) is 32.2 Å². The van der Waals surface area contributed by atoms with Gasteiger partial charge in [0.05, 0.1) is 0 Å². The quantitative estimate of drug-likeness (QED) is 0.779. The van der Waals surface area contributed by atoms with Gasteiger partial charge in [0.25, 0.3) is 0 Å². The van der Waals surface area contributed by atoms with Crippen molar-refractivity contribution in [3.63, 3.8) is 0 Å². The molecule has 2 N–H and O–H groups in total. The molecule has 1 amide bonds. The van der Waals surface area contributed by atoms with Crippen molar-refractivity contribution in [3.05, 3.63) is 71.0 Å². The van der Waals surface area contributed by atoms with E-state index in [-0.39, 0.29) is 17.6 Å². The average Bonchev–Trinajstić information content (AvgIpc) is 2.54. The summed E-state index contributed by atoms with van der Waals surface area (Å²) >= 11 is 0. The second kappa shape index (κ2) is 9.18. The predicted octanol–water partition coefficient (Wildman–Crippen LogP) is 3.43. The minimum Gasteiger partial charge on any atom is -0.352 e. The van der Waals surface area contributed by atoms with Crippen molar-refractivity contribution in [2.24, 2.45) is 5.92 Å². The highest BCUT2D eigenvalue weighted by Gasteiger charge is 2.10. The third kappa shape index (κ3) is 6.13. The van der Waals surface area contributed by atoms with Crippen LogP contribution in [0.4, 0.5) is 4.39 Å². The van der Waals surface area contributed by atoms with Crippen molar-refractivity contribution in [3.8, 4) is 0 Å². The maximum Gasteiger partial charge on any atom is 0.220 e. The van der Waals surface area contributed by atoms with E-state index in [0.29, 0.717) is 19.4 Å². The van der Waals surface area contributed by atoms with Gasteiger partial charge in [-0.25, -0.2) is 4.39 Å². The summed E-state index contributed by atoms with van der Waals surface area (Å²) in [7, 11) is 1.92. The summed E-state index contributed by atoms with van der Waals surface area (Å²) < 4.78 is 13.2. The molecule has 3 nitrogen and oxygen atoms in total. The molecule has 0 aromatic heterocycles. The van der Waals surface area contributed by atoms with E-state index in [1.165, 1.54) is 17.7 Å². The normalized spacial score (nSPS) is 12.0. The topological polar surface area (TPSA) is 41.1 Å². The maximum atomic E-state index is 13.2. The summed E-state index contributed by atoms with van der Waals surface area (Å²) in [6.45, 7) is 3.38. The van der Waals surface area contributed by atoms with Gasteiger partial charge < -0.3 is 10.6 Å². The van der Waals surface area contributed by atoms with Crippen molar-refractivity contribution in [1.82, 2.24) is 10.6 Å². The Labute approximate surface area is 143 Å². The molecule has 24 heavy (non-hydrogen) atoms. The SMILES string of the molecule is CNCc1ccc(CNC(=O)CC(C)Cc2cccc(F)c2)cc1. The fraction of sp³-hybridized carbons (Fsp3) is 0.350. The van der Waals surface area contributed by atoms with Gasteiger partial charge in [-0.15, -0.1) is 0 Å². The molecule has 0 aliphatic rings. The Bertz CT molecular complexity index is 655. The zero-order valence-electron chi connectivity index (χ0n) is 14.3. The predicted molar refractivity (Wildman–Crippen MR) is 94.9 cm³/mol. The Morgan fingerprint density at radius 3 is 2.33 bits per heavy atom. The van der Waals surface area contributed by atoms with Crippen molar-refractivity contribution in [2.45, 2.75) is 32.9 Å². The van der Waals surface area contributed by atoms with Gasteiger partial charge in [-0.05, 0) is 48.2 Å². The van der Waals surface area contributed by atoms with E-state index < -0.39 is 0 Å². The highest BCUT2D eigenvalue weighted by molar-refractivity contribution is 5.76. The first-order chi connectivity index (χ1) is 11.6. The summed E-state index contributed by atoms with van der Waals surface area (Å²) in [6.07, 6.45) is 1.14. The molecule has 0 fully saturated rings. The Kier molecular flexibility index (Phi) is 6.94. The van der Waals surface area contributed by atoms with Crippen LogP contribution in [0.25, 0.3) is 0 Å². The molecule has 0 aliphatic carbocycles. The highest BCUT2D eigenvalue weighted by Crippen LogP contribution is 2.13. The van der Waals surface area contributed by atoms with Crippen LogP contribution >= 0.6 is 0 Å². The molecule has 1 atom stereocenters. The van der Waals surface area contributed by atoms with E-state index in [9.17, 15) is 9.18 Å². The lowest BCUT2D eigenvalue weighted by atomic mass is 9.97. The third-order valence-corrected chi connectivity index (χ3v) is 3.90. The molecule has 0 aliphatic heterocycles. The van der Waals surface area contributed by atoms with Crippen LogP contribution < -0.4 is 10.6 Å². The molecule has 0 saturated heterocycles. The number of carbonyl (C=O) groups is 1. The van der Waals surface area contributed by atoms with Crippen LogP contribution in [0.5, 0.6) is 0 Å². The zero-order valence-corrected chi connectivity index (χ0v) is 14.3. The molecule has 2 rings (SSSR count). The number of hydrogen-bond acceptors (Lipinski definition) is 2. The largest absolute Gasteiger partial charge is 0.352 e. The molecule has 0 spiro atoms. The van der Waals surface area contributed by atoms with Gasteiger partial charge in [-0.1, -0.05) is 43.3 Å². The second-order valence-electron chi connectivity index (χ2n) is 6.27. The number of halogens is 1. The van der Waals surface area contributed by atoms with Crippen LogP contribution in [0, 0.1) is 11.7 Å². The average molecular weight is 328 g/mol. The third-order valence-electron chi connectivity index (χ3n) is 3.90. The molecule has 128 valence electrons. The Hall–Kier alpha value is -2.20. The molecule has 2 aromatic carbocycles. The van der Waals surface area contributed by atoms with E-state index in [4.69, 9.17) is 0 Å². The van der Waals surface area contributed by atoms with Crippen LogP contribution in [-0.2, 0) is 24.3 Å². The summed E-state index contributed by atoms with van der Waals surface area (Å²) in [4.78, 5) is 12.1. The first-order valence-corrected chi connectivity index (χ1v) is 8.30. The minimum absolute atomic E-state index is 0.0261. The summed E-state index contributed by atoms with van der Waals surface area (Å²) in [6, 6.07) is 14.7. The highest BCUT2D eigenvalue weighted by atomic mass is 19.1. The van der Waals surface area contributed by atoms with Crippen LogP contribution in [0.15, 0.2) is 48.5 Å². The smallest absolute Gasteiger partial charge is 0.220 e. The number of carbonyl (C=O) groups excluding carboxylic acids is 1. The van der Waals surface area contributed by atoms with Crippen LogP contribution in [-0.4, -0.2) is 13.0 Å². The van der Waals surface area contributed by atoms with E-state index in [1.54, 1.807) is 6.07 Å². The van der Waals surface area contributed by atoms with Crippen molar-refractivity contribution >= 4 is 5.91 Å². The second-order valence-corrected chi connectivity index (χ2v) is 6.27. The Morgan fingerprint density at radius 2 is 1.71 bits per heavy atom. The molecule has 1 unspecified atom stereocenters. The van der Waals surface area contributed by atoms with Crippen molar-refractivity contribution in [1.29, 1.82) is 0 Å². The molecule has 0 radical (unpaired) electrons. The van der Waals surface area contributed by atoms with Gasteiger partial charge in [0.1, 0.15) is 5.82 Å². The molecule has 0 bridgehead atoms. The summed E-state index contributed by atoms with van der Waals surface area (Å²) in [5.41, 5.74) is 3.23. The molecule has 0 saturated carbocycles. The molecule has 0 heterocycles. The lowest BCUT2D eigenvalue weighted by molar-refractivity contribution is -0.122. The Balaban J connectivity index is 1.76. The van der Waals surface area contributed by atoms with Gasteiger partial charge >= 0.3 is 0 Å². The van der Waals surface area contributed by atoms with Crippen LogP contribution in [0.3, 0.4) is 0 Å². The van der Waals surface area contributed by atoms with E-state index >= 15 is 0 Å².